The average Bonchev–Trinajstić information content (AvgIpc) is 2.95. The first-order chi connectivity index (χ1) is 10.8. The molecular weight excluding hydrogens is 296 g/mol. The van der Waals surface area contributed by atoms with Crippen LogP contribution in [0.2, 0.25) is 0 Å². The standard InChI is InChI=1S/C15H12N6S/c16-8-11-3-5-12(6-4-11)10-22-15-20-19-14(21(15)17)13-2-1-7-18-9-13/h1-7,9H,10,17H2. The Morgan fingerprint density at radius 3 is 2.68 bits per heavy atom. The number of nitrogen functional groups attached to an aromatic ring is 1. The number of rotatable bonds is 4. The second kappa shape index (κ2) is 6.28. The first-order valence-electron chi connectivity index (χ1n) is 6.50. The lowest BCUT2D eigenvalue weighted by molar-refractivity contribution is 0.849. The second-order valence-corrected chi connectivity index (χ2v) is 5.46. The van der Waals surface area contributed by atoms with Crippen LogP contribution in [0.1, 0.15) is 11.1 Å². The molecule has 3 aromatic rings. The molecule has 0 atom stereocenters. The van der Waals surface area contributed by atoms with E-state index in [1.54, 1.807) is 24.5 Å². The normalized spacial score (nSPS) is 10.3. The molecule has 0 amide bonds. The predicted molar refractivity (Wildman–Crippen MR) is 84.1 cm³/mol. The Labute approximate surface area is 131 Å². The molecule has 0 aliphatic heterocycles. The summed E-state index contributed by atoms with van der Waals surface area (Å²) in [5.74, 6) is 7.33. The van der Waals surface area contributed by atoms with Crippen LogP contribution in [0.25, 0.3) is 11.4 Å². The largest absolute Gasteiger partial charge is 0.335 e. The third-order valence-electron chi connectivity index (χ3n) is 3.04. The average molecular weight is 308 g/mol. The van der Waals surface area contributed by atoms with Crippen LogP contribution in [-0.2, 0) is 5.75 Å². The van der Waals surface area contributed by atoms with Crippen molar-refractivity contribution in [3.8, 4) is 17.5 Å². The van der Waals surface area contributed by atoms with E-state index in [9.17, 15) is 0 Å². The highest BCUT2D eigenvalue weighted by molar-refractivity contribution is 7.98. The van der Waals surface area contributed by atoms with Gasteiger partial charge in [-0.25, -0.2) is 4.68 Å². The monoisotopic (exact) mass is 308 g/mol. The van der Waals surface area contributed by atoms with E-state index in [-0.39, 0.29) is 0 Å². The maximum absolute atomic E-state index is 8.79. The number of nitriles is 1. The molecule has 0 fully saturated rings. The van der Waals surface area contributed by atoms with E-state index in [2.05, 4.69) is 21.3 Å². The highest BCUT2D eigenvalue weighted by atomic mass is 32.2. The number of benzene rings is 1. The molecule has 6 nitrogen and oxygen atoms in total. The molecule has 0 aliphatic rings. The summed E-state index contributed by atoms with van der Waals surface area (Å²) in [5, 5.41) is 17.6. The Morgan fingerprint density at radius 2 is 2.00 bits per heavy atom. The predicted octanol–water partition coefficient (Wildman–Crippen LogP) is 2.22. The lowest BCUT2D eigenvalue weighted by Crippen LogP contribution is -2.11. The third-order valence-corrected chi connectivity index (χ3v) is 4.05. The van der Waals surface area contributed by atoms with Crippen molar-refractivity contribution in [1.29, 1.82) is 5.26 Å². The van der Waals surface area contributed by atoms with Gasteiger partial charge in [-0.05, 0) is 29.8 Å². The summed E-state index contributed by atoms with van der Waals surface area (Å²) in [6, 6.07) is 13.2. The van der Waals surface area contributed by atoms with Gasteiger partial charge in [0.1, 0.15) is 0 Å². The van der Waals surface area contributed by atoms with Crippen molar-refractivity contribution in [2.24, 2.45) is 0 Å². The molecule has 0 aliphatic carbocycles. The Morgan fingerprint density at radius 1 is 1.18 bits per heavy atom. The molecule has 0 spiro atoms. The van der Waals surface area contributed by atoms with Gasteiger partial charge in [-0.15, -0.1) is 10.2 Å². The van der Waals surface area contributed by atoms with Crippen molar-refractivity contribution in [2.45, 2.75) is 10.9 Å². The van der Waals surface area contributed by atoms with Crippen molar-refractivity contribution in [3.63, 3.8) is 0 Å². The van der Waals surface area contributed by atoms with Gasteiger partial charge >= 0.3 is 0 Å². The van der Waals surface area contributed by atoms with Gasteiger partial charge in [0.25, 0.3) is 0 Å². The number of thioether (sulfide) groups is 1. The number of pyridine rings is 1. The van der Waals surface area contributed by atoms with Crippen molar-refractivity contribution in [2.75, 3.05) is 5.84 Å². The van der Waals surface area contributed by atoms with Crippen molar-refractivity contribution >= 4 is 11.8 Å². The first kappa shape index (κ1) is 14.1. The second-order valence-electron chi connectivity index (χ2n) is 4.52. The minimum Gasteiger partial charge on any atom is -0.335 e. The fourth-order valence-electron chi connectivity index (χ4n) is 1.89. The Hall–Kier alpha value is -2.85. The molecule has 7 heteroatoms. The van der Waals surface area contributed by atoms with Crippen LogP contribution < -0.4 is 5.84 Å². The molecule has 0 unspecified atom stereocenters. The Balaban J connectivity index is 1.74. The van der Waals surface area contributed by atoms with E-state index in [0.29, 0.717) is 22.3 Å². The Kier molecular flexibility index (Phi) is 4.03. The van der Waals surface area contributed by atoms with Gasteiger partial charge in [-0.3, -0.25) is 4.98 Å². The lowest BCUT2D eigenvalue weighted by Gasteiger charge is -2.03. The van der Waals surface area contributed by atoms with Crippen LogP contribution in [0.4, 0.5) is 0 Å². The number of hydrogen-bond donors (Lipinski definition) is 1. The minimum absolute atomic E-state index is 0.579. The summed E-state index contributed by atoms with van der Waals surface area (Å²) < 4.78 is 1.46. The lowest BCUT2D eigenvalue weighted by atomic mass is 10.2. The molecule has 0 radical (unpaired) electrons. The number of nitrogens with zero attached hydrogens (tertiary/aromatic N) is 5. The summed E-state index contributed by atoms with van der Waals surface area (Å²) in [6.45, 7) is 0. The molecule has 0 saturated heterocycles. The van der Waals surface area contributed by atoms with Gasteiger partial charge in [-0.2, -0.15) is 5.26 Å². The summed E-state index contributed by atoms with van der Waals surface area (Å²) in [5.41, 5.74) is 2.56. The maximum atomic E-state index is 8.79. The van der Waals surface area contributed by atoms with Crippen LogP contribution in [-0.4, -0.2) is 19.9 Å². The summed E-state index contributed by atoms with van der Waals surface area (Å²) in [4.78, 5) is 4.05. The molecule has 2 N–H and O–H groups in total. The molecule has 1 aromatic carbocycles. The highest BCUT2D eigenvalue weighted by Gasteiger charge is 2.12. The van der Waals surface area contributed by atoms with E-state index in [4.69, 9.17) is 11.1 Å². The molecule has 3 rings (SSSR count). The number of nitrogens with two attached hydrogens (primary N) is 1. The van der Waals surface area contributed by atoms with Crippen molar-refractivity contribution < 1.29 is 0 Å². The maximum Gasteiger partial charge on any atom is 0.210 e. The highest BCUT2D eigenvalue weighted by Crippen LogP contribution is 2.23. The fraction of sp³-hybridized carbons (Fsp3) is 0.0667. The van der Waals surface area contributed by atoms with Crippen LogP contribution in [0, 0.1) is 11.3 Å². The van der Waals surface area contributed by atoms with Gasteiger partial charge < -0.3 is 5.84 Å². The quantitative estimate of drug-likeness (QED) is 0.586. The van der Waals surface area contributed by atoms with Gasteiger partial charge in [0.2, 0.25) is 5.16 Å². The molecule has 2 aromatic heterocycles. The van der Waals surface area contributed by atoms with Crippen LogP contribution in [0.3, 0.4) is 0 Å². The van der Waals surface area contributed by atoms with E-state index in [1.807, 2.05) is 24.3 Å². The molecule has 108 valence electrons. The van der Waals surface area contributed by atoms with E-state index < -0.39 is 0 Å². The van der Waals surface area contributed by atoms with Gasteiger partial charge in [0, 0.05) is 23.7 Å². The zero-order valence-electron chi connectivity index (χ0n) is 11.5. The van der Waals surface area contributed by atoms with Crippen molar-refractivity contribution in [3.05, 3.63) is 59.9 Å². The summed E-state index contributed by atoms with van der Waals surface area (Å²) >= 11 is 1.49. The smallest absolute Gasteiger partial charge is 0.210 e. The molecule has 0 bridgehead atoms. The van der Waals surface area contributed by atoms with Gasteiger partial charge in [-0.1, -0.05) is 23.9 Å². The summed E-state index contributed by atoms with van der Waals surface area (Å²) in [6.07, 6.45) is 3.39. The van der Waals surface area contributed by atoms with Gasteiger partial charge in [0.05, 0.1) is 11.6 Å². The topological polar surface area (TPSA) is 93.4 Å². The first-order valence-corrected chi connectivity index (χ1v) is 7.49. The molecular formula is C15H12N6S. The fourth-order valence-corrected chi connectivity index (χ4v) is 2.70. The minimum atomic E-state index is 0.579. The van der Waals surface area contributed by atoms with E-state index in [0.717, 1.165) is 11.1 Å². The SMILES string of the molecule is N#Cc1ccc(CSc2nnc(-c3cccnc3)n2N)cc1. The molecule has 2 heterocycles. The van der Waals surface area contributed by atoms with Gasteiger partial charge in [0.15, 0.2) is 5.82 Å². The molecule has 22 heavy (non-hydrogen) atoms. The summed E-state index contributed by atoms with van der Waals surface area (Å²) in [7, 11) is 0. The zero-order chi connectivity index (χ0) is 15.4. The Bertz CT molecular complexity index is 804. The number of hydrogen-bond acceptors (Lipinski definition) is 6. The van der Waals surface area contributed by atoms with Crippen molar-refractivity contribution in [1.82, 2.24) is 19.9 Å². The zero-order valence-corrected chi connectivity index (χ0v) is 12.4. The van der Waals surface area contributed by atoms with E-state index in [1.165, 1.54) is 16.4 Å². The number of aromatic nitrogens is 4. The van der Waals surface area contributed by atoms with E-state index >= 15 is 0 Å². The molecule has 0 saturated carbocycles. The van der Waals surface area contributed by atoms with Crippen LogP contribution in [0.5, 0.6) is 0 Å². The van der Waals surface area contributed by atoms with Crippen LogP contribution >= 0.6 is 11.8 Å². The van der Waals surface area contributed by atoms with Crippen LogP contribution in [0.15, 0.2) is 53.9 Å². The third kappa shape index (κ3) is 2.92.